The minimum atomic E-state index is -0.126. The van der Waals surface area contributed by atoms with E-state index in [4.69, 9.17) is 18.0 Å². The van der Waals surface area contributed by atoms with Gasteiger partial charge in [0.1, 0.15) is 10.7 Å². The van der Waals surface area contributed by atoms with Gasteiger partial charge in [-0.2, -0.15) is 5.10 Å². The van der Waals surface area contributed by atoms with Crippen LogP contribution in [0.3, 0.4) is 0 Å². The van der Waals surface area contributed by atoms with Gasteiger partial charge in [-0.1, -0.05) is 26.1 Å². The average molecular weight is 211 g/mol. The molecule has 5 heteroatoms. The molecule has 0 saturated heterocycles. The molecule has 1 aromatic rings. The summed E-state index contributed by atoms with van der Waals surface area (Å²) in [6.45, 7) is 4.61. The number of aromatic nitrogens is 2. The van der Waals surface area contributed by atoms with Crippen LogP contribution in [-0.2, 0) is 6.54 Å². The molecule has 76 valence electrons. The molecule has 0 atom stereocenters. The molecule has 1 heterocycles. The molecule has 2 N–H and O–H groups in total. The van der Waals surface area contributed by atoms with E-state index in [2.05, 4.69) is 5.10 Å². The van der Waals surface area contributed by atoms with Crippen molar-refractivity contribution in [3.63, 3.8) is 0 Å². The summed E-state index contributed by atoms with van der Waals surface area (Å²) in [5.74, 6) is 0.363. The molecule has 0 fully saturated rings. The maximum atomic E-state index is 11.3. The zero-order chi connectivity index (χ0) is 10.7. The van der Waals surface area contributed by atoms with E-state index in [1.165, 1.54) is 10.7 Å². The van der Waals surface area contributed by atoms with E-state index in [0.29, 0.717) is 18.2 Å². The Morgan fingerprint density at radius 1 is 1.64 bits per heavy atom. The van der Waals surface area contributed by atoms with Crippen molar-refractivity contribution in [1.29, 1.82) is 0 Å². The Kier molecular flexibility index (Phi) is 3.35. The molecule has 14 heavy (non-hydrogen) atoms. The predicted octanol–water partition coefficient (Wildman–Crippen LogP) is 0.534. The molecule has 0 aromatic carbocycles. The van der Waals surface area contributed by atoms with Crippen LogP contribution in [0.15, 0.2) is 16.9 Å². The summed E-state index contributed by atoms with van der Waals surface area (Å²) in [5, 5.41) is 4.05. The molecule has 0 aliphatic heterocycles. The average Bonchev–Trinajstić information content (AvgIpc) is 2.07. The lowest BCUT2D eigenvalue weighted by atomic mass is 10.2. The fourth-order valence-corrected chi connectivity index (χ4v) is 1.17. The number of nitrogens with zero attached hydrogens (tertiary/aromatic N) is 2. The number of nitrogens with two attached hydrogens (primary N) is 1. The van der Waals surface area contributed by atoms with Crippen LogP contribution in [0.2, 0.25) is 0 Å². The Hall–Kier alpha value is -1.23. The predicted molar refractivity (Wildman–Crippen MR) is 59.2 cm³/mol. The van der Waals surface area contributed by atoms with Gasteiger partial charge < -0.3 is 5.73 Å². The zero-order valence-electron chi connectivity index (χ0n) is 8.23. The lowest BCUT2D eigenvalue weighted by Crippen LogP contribution is -2.27. The van der Waals surface area contributed by atoms with E-state index in [1.54, 1.807) is 6.07 Å². The minimum Gasteiger partial charge on any atom is -0.388 e. The Morgan fingerprint density at radius 3 is 2.79 bits per heavy atom. The first-order chi connectivity index (χ1) is 6.50. The van der Waals surface area contributed by atoms with Crippen LogP contribution in [0, 0.1) is 5.92 Å². The smallest absolute Gasteiger partial charge is 0.266 e. The monoisotopic (exact) mass is 211 g/mol. The second kappa shape index (κ2) is 4.32. The van der Waals surface area contributed by atoms with Gasteiger partial charge in [0.2, 0.25) is 0 Å². The number of thiocarbonyl (C=S) groups is 1. The third-order valence-corrected chi connectivity index (χ3v) is 1.87. The van der Waals surface area contributed by atoms with Crippen molar-refractivity contribution in [3.05, 3.63) is 28.2 Å². The van der Waals surface area contributed by atoms with Crippen molar-refractivity contribution in [3.8, 4) is 0 Å². The molecule has 0 aliphatic carbocycles. The van der Waals surface area contributed by atoms with Crippen molar-refractivity contribution in [2.45, 2.75) is 20.4 Å². The van der Waals surface area contributed by atoms with Crippen LogP contribution in [0.5, 0.6) is 0 Å². The fraction of sp³-hybridized carbons (Fsp3) is 0.444. The topological polar surface area (TPSA) is 60.9 Å². The van der Waals surface area contributed by atoms with Crippen LogP contribution >= 0.6 is 12.2 Å². The zero-order valence-corrected chi connectivity index (χ0v) is 9.04. The summed E-state index contributed by atoms with van der Waals surface area (Å²) in [7, 11) is 0. The minimum absolute atomic E-state index is 0.126. The first-order valence-corrected chi connectivity index (χ1v) is 4.79. The maximum absolute atomic E-state index is 11.3. The van der Waals surface area contributed by atoms with Gasteiger partial charge in [0.15, 0.2) is 0 Å². The number of hydrogen-bond donors (Lipinski definition) is 1. The third kappa shape index (κ3) is 2.63. The molecule has 0 unspecified atom stereocenters. The summed E-state index contributed by atoms with van der Waals surface area (Å²) in [6, 6.07) is 2.98. The van der Waals surface area contributed by atoms with E-state index in [9.17, 15) is 4.79 Å². The Bertz CT molecular complexity index is 397. The van der Waals surface area contributed by atoms with E-state index in [1.807, 2.05) is 13.8 Å². The highest BCUT2D eigenvalue weighted by molar-refractivity contribution is 7.80. The van der Waals surface area contributed by atoms with Gasteiger partial charge in [-0.15, -0.1) is 0 Å². The summed E-state index contributed by atoms with van der Waals surface area (Å²) in [4.78, 5) is 11.6. The first kappa shape index (κ1) is 10.8. The highest BCUT2D eigenvalue weighted by Gasteiger charge is 2.04. The third-order valence-electron chi connectivity index (χ3n) is 1.66. The summed E-state index contributed by atoms with van der Waals surface area (Å²) < 4.78 is 1.39. The lowest BCUT2D eigenvalue weighted by Gasteiger charge is -2.07. The van der Waals surface area contributed by atoms with Crippen LogP contribution < -0.4 is 11.3 Å². The molecule has 1 aromatic heterocycles. The van der Waals surface area contributed by atoms with Crippen molar-refractivity contribution in [1.82, 2.24) is 9.78 Å². The van der Waals surface area contributed by atoms with Crippen LogP contribution in [0.1, 0.15) is 19.5 Å². The molecule has 0 spiro atoms. The molecule has 0 saturated carbocycles. The number of hydrogen-bond acceptors (Lipinski definition) is 3. The van der Waals surface area contributed by atoms with Crippen molar-refractivity contribution >= 4 is 17.2 Å². The standard InChI is InChI=1S/C9H13N3OS/c1-6(2)5-12-8(13)4-3-7(11-12)9(10)14/h3-4,6H,5H2,1-2H3,(H2,10,14). The van der Waals surface area contributed by atoms with E-state index in [-0.39, 0.29) is 10.5 Å². The summed E-state index contributed by atoms with van der Waals surface area (Å²) in [5.41, 5.74) is 5.78. The lowest BCUT2D eigenvalue weighted by molar-refractivity contribution is 0.463. The van der Waals surface area contributed by atoms with Gasteiger partial charge >= 0.3 is 0 Å². The molecular formula is C9H13N3OS. The van der Waals surface area contributed by atoms with Crippen molar-refractivity contribution in [2.75, 3.05) is 0 Å². The maximum Gasteiger partial charge on any atom is 0.266 e. The second-order valence-electron chi connectivity index (χ2n) is 3.50. The Labute approximate surface area is 87.7 Å². The Balaban J connectivity index is 3.08. The van der Waals surface area contributed by atoms with Gasteiger partial charge in [-0.25, -0.2) is 4.68 Å². The molecule has 0 radical (unpaired) electrons. The van der Waals surface area contributed by atoms with Crippen LogP contribution in [-0.4, -0.2) is 14.8 Å². The highest BCUT2D eigenvalue weighted by Crippen LogP contribution is 1.96. The van der Waals surface area contributed by atoms with Crippen LogP contribution in [0.4, 0.5) is 0 Å². The summed E-state index contributed by atoms with van der Waals surface area (Å²) in [6.07, 6.45) is 0. The number of rotatable bonds is 3. The largest absolute Gasteiger partial charge is 0.388 e. The second-order valence-corrected chi connectivity index (χ2v) is 3.94. The van der Waals surface area contributed by atoms with E-state index >= 15 is 0 Å². The molecule has 1 rings (SSSR count). The molecular weight excluding hydrogens is 198 g/mol. The SMILES string of the molecule is CC(C)Cn1nc(C(N)=S)ccc1=O. The van der Waals surface area contributed by atoms with Crippen molar-refractivity contribution in [2.24, 2.45) is 11.7 Å². The van der Waals surface area contributed by atoms with Gasteiger partial charge in [-0.3, -0.25) is 4.79 Å². The van der Waals surface area contributed by atoms with Crippen LogP contribution in [0.25, 0.3) is 0 Å². The molecule has 0 bridgehead atoms. The molecule has 0 amide bonds. The van der Waals surface area contributed by atoms with E-state index in [0.717, 1.165) is 0 Å². The normalized spacial score (nSPS) is 10.5. The quantitative estimate of drug-likeness (QED) is 0.741. The molecule has 0 aliphatic rings. The highest BCUT2D eigenvalue weighted by atomic mass is 32.1. The van der Waals surface area contributed by atoms with Crippen molar-refractivity contribution < 1.29 is 0 Å². The Morgan fingerprint density at radius 2 is 2.29 bits per heavy atom. The van der Waals surface area contributed by atoms with Gasteiger partial charge in [0.25, 0.3) is 5.56 Å². The van der Waals surface area contributed by atoms with Gasteiger partial charge in [-0.05, 0) is 12.0 Å². The van der Waals surface area contributed by atoms with Gasteiger partial charge in [0, 0.05) is 12.6 Å². The van der Waals surface area contributed by atoms with Gasteiger partial charge in [0.05, 0.1) is 0 Å². The first-order valence-electron chi connectivity index (χ1n) is 4.38. The molecule has 4 nitrogen and oxygen atoms in total. The summed E-state index contributed by atoms with van der Waals surface area (Å²) >= 11 is 4.78. The van der Waals surface area contributed by atoms with E-state index < -0.39 is 0 Å². The fourth-order valence-electron chi connectivity index (χ4n) is 1.06.